The Balaban J connectivity index is 1.33. The molecule has 2 aromatic heterocycles. The number of nitrogens with zero attached hydrogens (tertiary/aromatic N) is 4. The zero-order valence-electron chi connectivity index (χ0n) is 18.1. The van der Waals surface area contributed by atoms with Crippen LogP contribution in [-0.2, 0) is 11.3 Å². The molecule has 1 aliphatic heterocycles. The van der Waals surface area contributed by atoms with E-state index >= 15 is 0 Å². The zero-order chi connectivity index (χ0) is 23.5. The van der Waals surface area contributed by atoms with E-state index < -0.39 is 5.95 Å². The molecule has 10 heteroatoms. The monoisotopic (exact) mass is 478 g/mol. The van der Waals surface area contributed by atoms with Gasteiger partial charge in [-0.3, -0.25) is 0 Å². The Kier molecular flexibility index (Phi) is 6.09. The maximum atomic E-state index is 13.3. The van der Waals surface area contributed by atoms with Gasteiger partial charge in [0.25, 0.3) is 6.02 Å². The first kappa shape index (κ1) is 21.8. The molecule has 0 amide bonds. The lowest BCUT2D eigenvalue weighted by molar-refractivity contribution is 0.299. The van der Waals surface area contributed by atoms with Crippen LogP contribution in [0, 0.1) is 5.95 Å². The summed E-state index contributed by atoms with van der Waals surface area (Å²) in [5, 5.41) is 7.67. The largest absolute Gasteiger partial charge is 0.486 e. The third-order valence-corrected chi connectivity index (χ3v) is 5.32. The SMILES string of the molecule is C[C@H]1COC(Nc2ccc3ncnc(Nc4ccc(OCc5cccc(F)n5)c(Cl)c4)c3c2)=N1. The predicted octanol–water partition coefficient (Wildman–Crippen LogP) is 5.33. The van der Waals surface area contributed by atoms with Crippen molar-refractivity contribution in [1.82, 2.24) is 15.0 Å². The molecular formula is C24H20ClFN6O2. The van der Waals surface area contributed by atoms with E-state index in [0.29, 0.717) is 34.9 Å². The van der Waals surface area contributed by atoms with Gasteiger partial charge in [0.05, 0.1) is 22.3 Å². The van der Waals surface area contributed by atoms with Gasteiger partial charge in [0, 0.05) is 16.8 Å². The summed E-state index contributed by atoms with van der Waals surface area (Å²) in [6.07, 6.45) is 1.49. The second-order valence-corrected chi connectivity index (χ2v) is 8.09. The number of anilines is 3. The van der Waals surface area contributed by atoms with Crippen molar-refractivity contribution >= 4 is 45.7 Å². The number of hydrogen-bond acceptors (Lipinski definition) is 8. The number of pyridine rings is 1. The second-order valence-electron chi connectivity index (χ2n) is 7.68. The third-order valence-electron chi connectivity index (χ3n) is 5.03. The molecule has 5 rings (SSSR count). The third kappa shape index (κ3) is 4.99. The maximum absolute atomic E-state index is 13.3. The minimum Gasteiger partial charge on any atom is -0.486 e. The summed E-state index contributed by atoms with van der Waals surface area (Å²) in [7, 11) is 0. The van der Waals surface area contributed by atoms with E-state index in [2.05, 4.69) is 30.6 Å². The van der Waals surface area contributed by atoms with E-state index in [4.69, 9.17) is 21.1 Å². The highest BCUT2D eigenvalue weighted by molar-refractivity contribution is 6.32. The van der Waals surface area contributed by atoms with Crippen molar-refractivity contribution in [3.63, 3.8) is 0 Å². The van der Waals surface area contributed by atoms with Gasteiger partial charge in [-0.15, -0.1) is 0 Å². The number of ether oxygens (including phenoxy) is 2. The Hall–Kier alpha value is -3.98. The summed E-state index contributed by atoms with van der Waals surface area (Å²) in [6, 6.07) is 16.2. The number of hydrogen-bond donors (Lipinski definition) is 2. The van der Waals surface area contributed by atoms with Crippen LogP contribution in [0.2, 0.25) is 5.02 Å². The molecule has 0 unspecified atom stereocenters. The van der Waals surface area contributed by atoms with Gasteiger partial charge in [0.15, 0.2) is 0 Å². The van der Waals surface area contributed by atoms with Gasteiger partial charge in [-0.05, 0) is 55.5 Å². The molecule has 172 valence electrons. The quantitative estimate of drug-likeness (QED) is 0.362. The van der Waals surface area contributed by atoms with Crippen molar-refractivity contribution in [2.45, 2.75) is 19.6 Å². The van der Waals surface area contributed by atoms with Crippen LogP contribution in [0.5, 0.6) is 5.75 Å². The fourth-order valence-electron chi connectivity index (χ4n) is 3.41. The summed E-state index contributed by atoms with van der Waals surface area (Å²) in [5.41, 5.74) is 2.78. The molecule has 4 aromatic rings. The minimum atomic E-state index is -0.555. The molecule has 1 aliphatic rings. The van der Waals surface area contributed by atoms with Crippen LogP contribution in [-0.4, -0.2) is 33.6 Å². The summed E-state index contributed by atoms with van der Waals surface area (Å²) in [6.45, 7) is 2.65. The van der Waals surface area contributed by atoms with Gasteiger partial charge in [-0.1, -0.05) is 17.7 Å². The van der Waals surface area contributed by atoms with Crippen LogP contribution in [0.15, 0.2) is 65.9 Å². The topological polar surface area (TPSA) is 93.5 Å². The van der Waals surface area contributed by atoms with Gasteiger partial charge in [-0.25, -0.2) is 19.9 Å². The molecule has 0 aliphatic carbocycles. The molecule has 0 saturated carbocycles. The molecule has 1 atom stereocenters. The summed E-state index contributed by atoms with van der Waals surface area (Å²) < 4.78 is 24.5. The number of amidine groups is 1. The molecule has 0 spiro atoms. The molecular weight excluding hydrogens is 459 g/mol. The van der Waals surface area contributed by atoms with Gasteiger partial charge in [0.2, 0.25) is 5.95 Å². The fourth-order valence-corrected chi connectivity index (χ4v) is 3.65. The normalized spacial score (nSPS) is 15.0. The van der Waals surface area contributed by atoms with Crippen LogP contribution >= 0.6 is 11.6 Å². The molecule has 0 radical (unpaired) electrons. The molecule has 2 N–H and O–H groups in total. The van der Waals surface area contributed by atoms with E-state index in [9.17, 15) is 4.39 Å². The number of aliphatic imine (C=N–C) groups is 1. The van der Waals surface area contributed by atoms with Crippen LogP contribution in [0.25, 0.3) is 10.9 Å². The molecule has 0 saturated heterocycles. The van der Waals surface area contributed by atoms with E-state index in [-0.39, 0.29) is 12.6 Å². The predicted molar refractivity (Wildman–Crippen MR) is 129 cm³/mol. The summed E-state index contributed by atoms with van der Waals surface area (Å²) in [4.78, 5) is 16.9. The Morgan fingerprint density at radius 3 is 2.74 bits per heavy atom. The average Bonchev–Trinajstić information content (AvgIpc) is 3.23. The summed E-state index contributed by atoms with van der Waals surface area (Å²) in [5.74, 6) is 0.523. The highest BCUT2D eigenvalue weighted by atomic mass is 35.5. The molecule has 3 heterocycles. The average molecular weight is 479 g/mol. The number of aromatic nitrogens is 3. The number of fused-ring (bicyclic) bond motifs is 1. The summed E-state index contributed by atoms with van der Waals surface area (Å²) >= 11 is 6.41. The van der Waals surface area contributed by atoms with Crippen molar-refractivity contribution < 1.29 is 13.9 Å². The van der Waals surface area contributed by atoms with Crippen LogP contribution < -0.4 is 15.4 Å². The lowest BCUT2D eigenvalue weighted by Crippen LogP contribution is -2.11. The van der Waals surface area contributed by atoms with Gasteiger partial charge in [-0.2, -0.15) is 4.39 Å². The number of nitrogens with one attached hydrogen (secondary N) is 2. The fraction of sp³-hybridized carbons (Fsp3) is 0.167. The molecule has 2 aromatic carbocycles. The van der Waals surface area contributed by atoms with E-state index in [1.54, 1.807) is 24.3 Å². The zero-order valence-corrected chi connectivity index (χ0v) is 18.9. The maximum Gasteiger partial charge on any atom is 0.289 e. The van der Waals surface area contributed by atoms with Crippen LogP contribution in [0.4, 0.5) is 21.6 Å². The number of halogens is 2. The highest BCUT2D eigenvalue weighted by Gasteiger charge is 2.15. The van der Waals surface area contributed by atoms with E-state index in [1.807, 2.05) is 31.2 Å². The first-order chi connectivity index (χ1) is 16.5. The molecule has 0 fully saturated rings. The molecule has 8 nitrogen and oxygen atoms in total. The van der Waals surface area contributed by atoms with Crippen molar-refractivity contribution in [2.24, 2.45) is 4.99 Å². The Labute approximate surface area is 199 Å². The standard InChI is InChI=1S/C24H20ClFN6O2/c1-14-11-34-24(29-14)32-15-5-7-20-18(9-15)23(28-13-27-20)31-16-6-8-21(19(25)10-16)33-12-17-3-2-4-22(26)30-17/h2-10,13-14H,11-12H2,1H3,(H,29,32)(H,27,28,31)/t14-/m0/s1. The van der Waals surface area contributed by atoms with Gasteiger partial charge < -0.3 is 20.1 Å². The lowest BCUT2D eigenvalue weighted by atomic mass is 10.2. The highest BCUT2D eigenvalue weighted by Crippen LogP contribution is 2.31. The first-order valence-corrected chi connectivity index (χ1v) is 10.9. The molecule has 34 heavy (non-hydrogen) atoms. The Morgan fingerprint density at radius 1 is 1.09 bits per heavy atom. The number of rotatable bonds is 6. The Bertz CT molecular complexity index is 1380. The lowest BCUT2D eigenvalue weighted by Gasteiger charge is -2.12. The van der Waals surface area contributed by atoms with Gasteiger partial charge in [0.1, 0.15) is 31.1 Å². The minimum absolute atomic E-state index is 0.102. The van der Waals surface area contributed by atoms with E-state index in [0.717, 1.165) is 22.3 Å². The molecule has 0 bridgehead atoms. The Morgan fingerprint density at radius 2 is 1.94 bits per heavy atom. The van der Waals surface area contributed by atoms with Crippen molar-refractivity contribution in [2.75, 3.05) is 17.2 Å². The van der Waals surface area contributed by atoms with Crippen molar-refractivity contribution in [3.05, 3.63) is 77.6 Å². The smallest absolute Gasteiger partial charge is 0.289 e. The van der Waals surface area contributed by atoms with Gasteiger partial charge >= 0.3 is 0 Å². The second kappa shape index (κ2) is 9.48. The van der Waals surface area contributed by atoms with Crippen LogP contribution in [0.3, 0.4) is 0 Å². The van der Waals surface area contributed by atoms with E-state index in [1.165, 1.54) is 12.4 Å². The van der Waals surface area contributed by atoms with Crippen molar-refractivity contribution in [1.29, 1.82) is 0 Å². The first-order valence-electron chi connectivity index (χ1n) is 10.6. The van der Waals surface area contributed by atoms with Crippen LogP contribution in [0.1, 0.15) is 12.6 Å². The number of benzene rings is 2. The van der Waals surface area contributed by atoms with Crippen molar-refractivity contribution in [3.8, 4) is 5.75 Å².